The Bertz CT molecular complexity index is 333. The van der Waals surface area contributed by atoms with Crippen molar-refractivity contribution < 1.29 is 0 Å². The summed E-state index contributed by atoms with van der Waals surface area (Å²) in [6.07, 6.45) is 3.00. The van der Waals surface area contributed by atoms with Crippen LogP contribution < -0.4 is 10.6 Å². The minimum absolute atomic E-state index is 0.434. The molecule has 1 aromatic heterocycles. The standard InChI is InChI=1S/C9H11N3S/c10-9(13)7-2-3-11-8(6-7)12-4-1-5-12/h2-3,6H,1,4-5H2,(H2,10,13). The van der Waals surface area contributed by atoms with Crippen LogP contribution in [0.4, 0.5) is 5.82 Å². The van der Waals surface area contributed by atoms with E-state index in [0.717, 1.165) is 24.5 Å². The van der Waals surface area contributed by atoms with E-state index >= 15 is 0 Å². The molecule has 1 fully saturated rings. The molecule has 4 heteroatoms. The Morgan fingerprint density at radius 2 is 2.31 bits per heavy atom. The van der Waals surface area contributed by atoms with Crippen LogP contribution in [0.3, 0.4) is 0 Å². The molecule has 0 amide bonds. The summed E-state index contributed by atoms with van der Waals surface area (Å²) in [5.41, 5.74) is 6.42. The van der Waals surface area contributed by atoms with E-state index in [9.17, 15) is 0 Å². The first-order valence-corrected chi connectivity index (χ1v) is 4.69. The third-order valence-electron chi connectivity index (χ3n) is 2.21. The second-order valence-electron chi connectivity index (χ2n) is 3.11. The van der Waals surface area contributed by atoms with Gasteiger partial charge in [0.2, 0.25) is 0 Å². The van der Waals surface area contributed by atoms with Gasteiger partial charge in [-0.3, -0.25) is 0 Å². The smallest absolute Gasteiger partial charge is 0.129 e. The fourth-order valence-corrected chi connectivity index (χ4v) is 1.42. The van der Waals surface area contributed by atoms with Gasteiger partial charge >= 0.3 is 0 Å². The Balaban J connectivity index is 2.26. The molecule has 0 radical (unpaired) electrons. The second-order valence-corrected chi connectivity index (χ2v) is 3.55. The van der Waals surface area contributed by atoms with Gasteiger partial charge in [0.1, 0.15) is 10.8 Å². The van der Waals surface area contributed by atoms with Gasteiger partial charge in [-0.25, -0.2) is 4.98 Å². The maximum absolute atomic E-state index is 5.53. The van der Waals surface area contributed by atoms with Gasteiger partial charge in [-0.1, -0.05) is 12.2 Å². The second kappa shape index (κ2) is 3.30. The van der Waals surface area contributed by atoms with Crippen LogP contribution in [0.2, 0.25) is 0 Å². The fraction of sp³-hybridized carbons (Fsp3) is 0.333. The molecule has 2 heterocycles. The van der Waals surface area contributed by atoms with E-state index < -0.39 is 0 Å². The molecular weight excluding hydrogens is 182 g/mol. The third kappa shape index (κ3) is 1.62. The van der Waals surface area contributed by atoms with Crippen LogP contribution in [0.25, 0.3) is 0 Å². The monoisotopic (exact) mass is 193 g/mol. The predicted octanol–water partition coefficient (Wildman–Crippen LogP) is 0.926. The highest BCUT2D eigenvalue weighted by Crippen LogP contribution is 2.18. The van der Waals surface area contributed by atoms with Gasteiger partial charge in [0.25, 0.3) is 0 Å². The lowest BCUT2D eigenvalue weighted by molar-refractivity contribution is 0.610. The molecule has 3 nitrogen and oxygen atoms in total. The molecule has 0 atom stereocenters. The Labute approximate surface area is 82.6 Å². The van der Waals surface area contributed by atoms with Crippen molar-refractivity contribution in [1.29, 1.82) is 0 Å². The van der Waals surface area contributed by atoms with Crippen LogP contribution >= 0.6 is 12.2 Å². The number of nitrogens with two attached hydrogens (primary N) is 1. The van der Waals surface area contributed by atoms with Crippen LogP contribution in [0.1, 0.15) is 12.0 Å². The van der Waals surface area contributed by atoms with Crippen LogP contribution in [-0.2, 0) is 0 Å². The van der Waals surface area contributed by atoms with Gasteiger partial charge < -0.3 is 10.6 Å². The fourth-order valence-electron chi connectivity index (χ4n) is 1.29. The van der Waals surface area contributed by atoms with Crippen molar-refractivity contribution in [3.63, 3.8) is 0 Å². The number of pyridine rings is 1. The summed E-state index contributed by atoms with van der Waals surface area (Å²) in [5, 5.41) is 0. The number of thiocarbonyl (C=S) groups is 1. The van der Waals surface area contributed by atoms with E-state index in [2.05, 4.69) is 9.88 Å². The number of nitrogens with zero attached hydrogens (tertiary/aromatic N) is 2. The minimum Gasteiger partial charge on any atom is -0.389 e. The molecular formula is C9H11N3S. The van der Waals surface area contributed by atoms with E-state index in [4.69, 9.17) is 18.0 Å². The molecule has 0 unspecified atom stereocenters. The summed E-state index contributed by atoms with van der Waals surface area (Å²) in [4.78, 5) is 6.90. The van der Waals surface area contributed by atoms with Crippen molar-refractivity contribution >= 4 is 23.0 Å². The minimum atomic E-state index is 0.434. The van der Waals surface area contributed by atoms with Gasteiger partial charge in [-0.05, 0) is 18.6 Å². The lowest BCUT2D eigenvalue weighted by Gasteiger charge is -2.32. The van der Waals surface area contributed by atoms with Crippen LogP contribution in [0, 0.1) is 0 Å². The van der Waals surface area contributed by atoms with E-state index in [-0.39, 0.29) is 0 Å². The van der Waals surface area contributed by atoms with Gasteiger partial charge in [-0.15, -0.1) is 0 Å². The molecule has 1 saturated heterocycles. The van der Waals surface area contributed by atoms with Crippen LogP contribution in [0.15, 0.2) is 18.3 Å². The predicted molar refractivity (Wildman–Crippen MR) is 57.0 cm³/mol. The molecule has 0 bridgehead atoms. The van der Waals surface area contributed by atoms with Gasteiger partial charge in [0.15, 0.2) is 0 Å². The first-order valence-electron chi connectivity index (χ1n) is 4.28. The maximum atomic E-state index is 5.53. The van der Waals surface area contributed by atoms with Crippen molar-refractivity contribution in [1.82, 2.24) is 4.98 Å². The molecule has 13 heavy (non-hydrogen) atoms. The quantitative estimate of drug-likeness (QED) is 0.709. The molecule has 0 aromatic carbocycles. The van der Waals surface area contributed by atoms with E-state index in [0.29, 0.717) is 4.99 Å². The average Bonchev–Trinajstić information content (AvgIpc) is 2.01. The summed E-state index contributed by atoms with van der Waals surface area (Å²) in [5.74, 6) is 0.983. The third-order valence-corrected chi connectivity index (χ3v) is 2.45. The number of rotatable bonds is 2. The van der Waals surface area contributed by atoms with Crippen molar-refractivity contribution in [3.05, 3.63) is 23.9 Å². The Morgan fingerprint density at radius 3 is 2.85 bits per heavy atom. The SMILES string of the molecule is NC(=S)c1ccnc(N2CCC2)c1. The van der Waals surface area contributed by atoms with E-state index in [1.807, 2.05) is 12.1 Å². The zero-order valence-electron chi connectivity index (χ0n) is 7.23. The topological polar surface area (TPSA) is 42.1 Å². The molecule has 2 rings (SSSR count). The molecule has 1 aliphatic rings. The van der Waals surface area contributed by atoms with Gasteiger partial charge in [0, 0.05) is 24.8 Å². The zero-order chi connectivity index (χ0) is 9.26. The largest absolute Gasteiger partial charge is 0.389 e. The Morgan fingerprint density at radius 1 is 1.54 bits per heavy atom. The molecule has 68 valence electrons. The molecule has 2 N–H and O–H groups in total. The van der Waals surface area contributed by atoms with Crippen LogP contribution in [0.5, 0.6) is 0 Å². The highest BCUT2D eigenvalue weighted by molar-refractivity contribution is 7.80. The molecule has 0 aliphatic carbocycles. The summed E-state index contributed by atoms with van der Waals surface area (Å²) in [6, 6.07) is 3.78. The highest BCUT2D eigenvalue weighted by Gasteiger charge is 2.15. The number of hydrogen-bond donors (Lipinski definition) is 1. The van der Waals surface area contributed by atoms with Gasteiger partial charge in [0.05, 0.1) is 0 Å². The summed E-state index contributed by atoms with van der Waals surface area (Å²) < 4.78 is 0. The Hall–Kier alpha value is -1.16. The zero-order valence-corrected chi connectivity index (χ0v) is 8.05. The summed E-state index contributed by atoms with van der Waals surface area (Å²) in [7, 11) is 0. The number of aromatic nitrogens is 1. The lowest BCUT2D eigenvalue weighted by Crippen LogP contribution is -2.37. The van der Waals surface area contributed by atoms with Gasteiger partial charge in [-0.2, -0.15) is 0 Å². The number of hydrogen-bond acceptors (Lipinski definition) is 3. The van der Waals surface area contributed by atoms with Crippen LogP contribution in [-0.4, -0.2) is 23.1 Å². The Kier molecular flexibility index (Phi) is 2.14. The van der Waals surface area contributed by atoms with Crippen molar-refractivity contribution in [2.75, 3.05) is 18.0 Å². The van der Waals surface area contributed by atoms with Crippen molar-refractivity contribution in [3.8, 4) is 0 Å². The number of anilines is 1. The first kappa shape index (κ1) is 8.44. The van der Waals surface area contributed by atoms with E-state index in [1.54, 1.807) is 6.20 Å². The first-order chi connectivity index (χ1) is 6.27. The molecule has 1 aliphatic heterocycles. The van der Waals surface area contributed by atoms with Crippen molar-refractivity contribution in [2.24, 2.45) is 5.73 Å². The van der Waals surface area contributed by atoms with E-state index in [1.165, 1.54) is 6.42 Å². The summed E-state index contributed by atoms with van der Waals surface area (Å²) in [6.45, 7) is 2.18. The summed E-state index contributed by atoms with van der Waals surface area (Å²) >= 11 is 4.89. The maximum Gasteiger partial charge on any atom is 0.129 e. The molecule has 0 saturated carbocycles. The van der Waals surface area contributed by atoms with Crippen molar-refractivity contribution in [2.45, 2.75) is 6.42 Å². The average molecular weight is 193 g/mol. The lowest BCUT2D eigenvalue weighted by atomic mass is 10.2. The highest BCUT2D eigenvalue weighted by atomic mass is 32.1. The molecule has 1 aromatic rings. The molecule has 0 spiro atoms. The normalized spacial score (nSPS) is 15.2.